The van der Waals surface area contributed by atoms with Crippen LogP contribution in [0.2, 0.25) is 0 Å². The number of amides is 1. The number of halogens is 1. The highest BCUT2D eigenvalue weighted by molar-refractivity contribution is 7.99. The van der Waals surface area contributed by atoms with Gasteiger partial charge in [-0.2, -0.15) is 11.8 Å². The molecule has 0 aromatic rings. The van der Waals surface area contributed by atoms with Gasteiger partial charge in [-0.3, -0.25) is 4.79 Å². The Labute approximate surface area is 151 Å². The normalized spacial score (nSPS) is 39.5. The average molecular weight is 359 g/mol. The van der Waals surface area contributed by atoms with Crippen molar-refractivity contribution < 1.29 is 4.79 Å². The summed E-state index contributed by atoms with van der Waals surface area (Å²) in [6.07, 6.45) is 10.4. The standard InChI is InChI=1S/C18H30N2OS.ClH/c21-18(11-16-12-22-7-5-19-16)20-6-1-2-17(20)10-15-9-13-3-4-14(15)8-13;/h13-17,19H,1-12H2;1H. The molecule has 0 aromatic carbocycles. The Hall–Kier alpha value is 0.0700. The number of rotatable bonds is 4. The molecule has 2 bridgehead atoms. The molecule has 4 aliphatic rings. The van der Waals surface area contributed by atoms with Gasteiger partial charge < -0.3 is 10.2 Å². The zero-order valence-corrected chi connectivity index (χ0v) is 15.7. The molecule has 1 amide bonds. The van der Waals surface area contributed by atoms with Crippen LogP contribution in [-0.4, -0.2) is 47.5 Å². The predicted molar refractivity (Wildman–Crippen MR) is 99.3 cm³/mol. The SMILES string of the molecule is Cl.O=C(CC1CSCCN1)N1CCCC1CC1CC2CCC1C2. The summed E-state index contributed by atoms with van der Waals surface area (Å²) in [7, 11) is 0. The Kier molecular flexibility index (Phi) is 6.19. The number of nitrogens with one attached hydrogen (secondary N) is 1. The minimum absolute atomic E-state index is 0. The molecule has 2 saturated carbocycles. The second kappa shape index (κ2) is 7.97. The van der Waals surface area contributed by atoms with Crippen LogP contribution in [0.3, 0.4) is 0 Å². The Morgan fingerprint density at radius 2 is 2.13 bits per heavy atom. The van der Waals surface area contributed by atoms with Gasteiger partial charge in [-0.05, 0) is 56.3 Å². The summed E-state index contributed by atoms with van der Waals surface area (Å²) in [5.41, 5.74) is 0. The van der Waals surface area contributed by atoms with E-state index in [0.29, 0.717) is 18.0 Å². The van der Waals surface area contributed by atoms with Crippen LogP contribution in [0.25, 0.3) is 0 Å². The summed E-state index contributed by atoms with van der Waals surface area (Å²) in [6, 6.07) is 0.975. The summed E-state index contributed by atoms with van der Waals surface area (Å²) >= 11 is 1.99. The fraction of sp³-hybridized carbons (Fsp3) is 0.944. The Balaban J connectivity index is 0.00000156. The molecule has 4 rings (SSSR count). The van der Waals surface area contributed by atoms with Gasteiger partial charge in [0.25, 0.3) is 0 Å². The Bertz CT molecular complexity index is 416. The van der Waals surface area contributed by atoms with Gasteiger partial charge in [0.2, 0.25) is 5.91 Å². The van der Waals surface area contributed by atoms with Crippen molar-refractivity contribution in [2.45, 2.75) is 63.5 Å². The van der Waals surface area contributed by atoms with Crippen LogP contribution in [0.15, 0.2) is 0 Å². The van der Waals surface area contributed by atoms with Gasteiger partial charge in [0.15, 0.2) is 0 Å². The summed E-state index contributed by atoms with van der Waals surface area (Å²) in [5.74, 6) is 5.69. The molecule has 0 spiro atoms. The molecule has 0 aromatic heterocycles. The van der Waals surface area contributed by atoms with Gasteiger partial charge in [0.05, 0.1) is 0 Å². The molecule has 4 fully saturated rings. The topological polar surface area (TPSA) is 32.3 Å². The molecular formula is C18H31ClN2OS. The van der Waals surface area contributed by atoms with E-state index in [4.69, 9.17) is 0 Å². The first kappa shape index (κ1) is 17.9. The molecule has 2 heterocycles. The highest BCUT2D eigenvalue weighted by atomic mass is 35.5. The van der Waals surface area contributed by atoms with Crippen molar-refractivity contribution >= 4 is 30.1 Å². The zero-order valence-electron chi connectivity index (χ0n) is 14.0. The van der Waals surface area contributed by atoms with E-state index in [9.17, 15) is 4.79 Å². The fourth-order valence-corrected chi connectivity index (χ4v) is 6.45. The molecule has 0 radical (unpaired) electrons. The van der Waals surface area contributed by atoms with Crippen LogP contribution in [0.5, 0.6) is 0 Å². The summed E-state index contributed by atoms with van der Waals surface area (Å²) in [4.78, 5) is 15.0. The molecular weight excluding hydrogens is 328 g/mol. The van der Waals surface area contributed by atoms with E-state index in [-0.39, 0.29) is 12.4 Å². The van der Waals surface area contributed by atoms with Crippen molar-refractivity contribution in [3.63, 3.8) is 0 Å². The number of fused-ring (bicyclic) bond motifs is 2. The molecule has 5 heteroatoms. The molecule has 5 atom stereocenters. The smallest absolute Gasteiger partial charge is 0.224 e. The maximum Gasteiger partial charge on any atom is 0.224 e. The van der Waals surface area contributed by atoms with Crippen molar-refractivity contribution in [1.82, 2.24) is 10.2 Å². The second-order valence-corrected chi connectivity index (χ2v) is 9.13. The van der Waals surface area contributed by atoms with E-state index in [1.54, 1.807) is 0 Å². The third kappa shape index (κ3) is 4.01. The van der Waals surface area contributed by atoms with Crippen LogP contribution < -0.4 is 5.32 Å². The minimum Gasteiger partial charge on any atom is -0.340 e. The first-order valence-electron chi connectivity index (χ1n) is 9.40. The number of thioether (sulfide) groups is 1. The average Bonchev–Trinajstić information content (AvgIpc) is 3.24. The van der Waals surface area contributed by atoms with Crippen molar-refractivity contribution in [3.8, 4) is 0 Å². The van der Waals surface area contributed by atoms with Crippen LogP contribution in [0, 0.1) is 17.8 Å². The predicted octanol–water partition coefficient (Wildman–Crippen LogP) is 3.32. The molecule has 23 heavy (non-hydrogen) atoms. The van der Waals surface area contributed by atoms with Crippen LogP contribution in [0.1, 0.15) is 51.4 Å². The molecule has 3 nitrogen and oxygen atoms in total. The summed E-state index contributed by atoms with van der Waals surface area (Å²) in [6.45, 7) is 2.08. The highest BCUT2D eigenvalue weighted by Crippen LogP contribution is 2.50. The molecule has 2 aliphatic heterocycles. The summed E-state index contributed by atoms with van der Waals surface area (Å²) < 4.78 is 0. The lowest BCUT2D eigenvalue weighted by Gasteiger charge is -2.32. The fourth-order valence-electron chi connectivity index (χ4n) is 5.50. The Morgan fingerprint density at radius 3 is 2.83 bits per heavy atom. The number of hydrogen-bond acceptors (Lipinski definition) is 3. The number of hydrogen-bond donors (Lipinski definition) is 1. The monoisotopic (exact) mass is 358 g/mol. The number of carbonyl (C=O) groups excluding carboxylic acids is 1. The van der Waals surface area contributed by atoms with Crippen LogP contribution in [-0.2, 0) is 4.79 Å². The number of carbonyl (C=O) groups is 1. The van der Waals surface area contributed by atoms with Crippen molar-refractivity contribution in [2.24, 2.45) is 17.8 Å². The third-order valence-electron chi connectivity index (χ3n) is 6.58. The van der Waals surface area contributed by atoms with Crippen molar-refractivity contribution in [3.05, 3.63) is 0 Å². The van der Waals surface area contributed by atoms with E-state index >= 15 is 0 Å². The van der Waals surface area contributed by atoms with Crippen molar-refractivity contribution in [1.29, 1.82) is 0 Å². The lowest BCUT2D eigenvalue weighted by Crippen LogP contribution is -2.44. The maximum atomic E-state index is 12.7. The zero-order chi connectivity index (χ0) is 14.9. The lowest BCUT2D eigenvalue weighted by molar-refractivity contribution is -0.132. The molecule has 2 aliphatic carbocycles. The minimum atomic E-state index is 0. The van der Waals surface area contributed by atoms with Gasteiger partial charge in [0, 0.05) is 43.1 Å². The van der Waals surface area contributed by atoms with E-state index in [2.05, 4.69) is 10.2 Å². The van der Waals surface area contributed by atoms with Gasteiger partial charge in [-0.1, -0.05) is 6.42 Å². The first-order chi connectivity index (χ1) is 10.8. The van der Waals surface area contributed by atoms with Gasteiger partial charge in [-0.15, -0.1) is 12.4 Å². The second-order valence-electron chi connectivity index (χ2n) is 7.98. The van der Waals surface area contributed by atoms with Gasteiger partial charge >= 0.3 is 0 Å². The van der Waals surface area contributed by atoms with Crippen LogP contribution >= 0.6 is 24.2 Å². The maximum absolute atomic E-state index is 12.7. The lowest BCUT2D eigenvalue weighted by atomic mass is 9.83. The number of likely N-dealkylation sites (tertiary alicyclic amines) is 1. The van der Waals surface area contributed by atoms with E-state index < -0.39 is 0 Å². The molecule has 5 unspecified atom stereocenters. The highest BCUT2D eigenvalue weighted by Gasteiger charge is 2.42. The first-order valence-corrected chi connectivity index (χ1v) is 10.6. The Morgan fingerprint density at radius 1 is 1.22 bits per heavy atom. The van der Waals surface area contributed by atoms with E-state index in [1.165, 1.54) is 50.7 Å². The van der Waals surface area contributed by atoms with Gasteiger partial charge in [-0.25, -0.2) is 0 Å². The van der Waals surface area contributed by atoms with E-state index in [0.717, 1.165) is 43.0 Å². The van der Waals surface area contributed by atoms with Crippen molar-refractivity contribution in [2.75, 3.05) is 24.6 Å². The van der Waals surface area contributed by atoms with Crippen LogP contribution in [0.4, 0.5) is 0 Å². The largest absolute Gasteiger partial charge is 0.340 e. The quantitative estimate of drug-likeness (QED) is 0.836. The third-order valence-corrected chi connectivity index (χ3v) is 7.71. The van der Waals surface area contributed by atoms with E-state index in [1.807, 2.05) is 11.8 Å². The summed E-state index contributed by atoms with van der Waals surface area (Å²) in [5, 5.41) is 3.52. The molecule has 1 N–H and O–H groups in total. The molecule has 2 saturated heterocycles. The number of nitrogens with zero attached hydrogens (tertiary/aromatic N) is 1. The molecule has 132 valence electrons. The van der Waals surface area contributed by atoms with Gasteiger partial charge in [0.1, 0.15) is 0 Å².